The summed E-state index contributed by atoms with van der Waals surface area (Å²) in [5, 5.41) is 3.63. The third-order valence-electron chi connectivity index (χ3n) is 2.49. The lowest BCUT2D eigenvalue weighted by Crippen LogP contribution is -2.43. The normalized spacial score (nSPS) is 22.0. The molecule has 5 nitrogen and oxygen atoms in total. The summed E-state index contributed by atoms with van der Waals surface area (Å²) >= 11 is 5.76. The fourth-order valence-corrected chi connectivity index (χ4v) is 1.79. The molecule has 0 aliphatic carbocycles. The van der Waals surface area contributed by atoms with E-state index in [4.69, 9.17) is 16.3 Å². The summed E-state index contributed by atoms with van der Waals surface area (Å²) in [5.74, 6) is 0.733. The second-order valence-electron chi connectivity index (χ2n) is 3.86. The Bertz CT molecular complexity index is 349. The Morgan fingerprint density at radius 1 is 1.62 bits per heavy atom. The summed E-state index contributed by atoms with van der Waals surface area (Å²) in [5.41, 5.74) is 0. The average molecular weight is 243 g/mol. The first-order valence-corrected chi connectivity index (χ1v) is 5.63. The molecule has 1 aliphatic rings. The van der Waals surface area contributed by atoms with Gasteiger partial charge < -0.3 is 15.0 Å². The number of aromatic nitrogens is 2. The van der Waals surface area contributed by atoms with E-state index < -0.39 is 0 Å². The SMILES string of the molecule is CN1CCOC(CNc2cc(Cl)ncn2)C1. The van der Waals surface area contributed by atoms with Crippen molar-refractivity contribution >= 4 is 17.4 Å². The van der Waals surface area contributed by atoms with Crippen LogP contribution in [0, 0.1) is 0 Å². The highest BCUT2D eigenvalue weighted by molar-refractivity contribution is 6.29. The maximum atomic E-state index is 5.76. The van der Waals surface area contributed by atoms with E-state index in [9.17, 15) is 0 Å². The van der Waals surface area contributed by atoms with Crippen LogP contribution in [0.25, 0.3) is 0 Å². The first kappa shape index (κ1) is 11.6. The van der Waals surface area contributed by atoms with Gasteiger partial charge in [0.2, 0.25) is 0 Å². The molecular formula is C10H15ClN4O. The van der Waals surface area contributed by atoms with Crippen molar-refractivity contribution in [2.45, 2.75) is 6.10 Å². The van der Waals surface area contributed by atoms with Crippen molar-refractivity contribution in [2.75, 3.05) is 38.6 Å². The van der Waals surface area contributed by atoms with Gasteiger partial charge in [-0.3, -0.25) is 0 Å². The van der Waals surface area contributed by atoms with Gasteiger partial charge in [0, 0.05) is 25.7 Å². The van der Waals surface area contributed by atoms with Gasteiger partial charge in [-0.05, 0) is 7.05 Å². The van der Waals surface area contributed by atoms with Gasteiger partial charge in [-0.15, -0.1) is 0 Å². The lowest BCUT2D eigenvalue weighted by atomic mass is 10.3. The van der Waals surface area contributed by atoms with Crippen LogP contribution in [0.15, 0.2) is 12.4 Å². The number of hydrogen-bond donors (Lipinski definition) is 1. The first-order valence-electron chi connectivity index (χ1n) is 5.25. The minimum absolute atomic E-state index is 0.201. The van der Waals surface area contributed by atoms with E-state index in [1.54, 1.807) is 6.07 Å². The predicted molar refractivity (Wildman–Crippen MR) is 62.8 cm³/mol. The van der Waals surface area contributed by atoms with Crippen molar-refractivity contribution in [3.63, 3.8) is 0 Å². The van der Waals surface area contributed by atoms with Crippen LogP contribution in [-0.2, 0) is 4.74 Å². The molecule has 1 fully saturated rings. The van der Waals surface area contributed by atoms with E-state index in [1.807, 2.05) is 0 Å². The topological polar surface area (TPSA) is 50.3 Å². The third kappa shape index (κ3) is 3.30. The van der Waals surface area contributed by atoms with E-state index in [0.717, 1.165) is 32.1 Å². The maximum Gasteiger partial charge on any atom is 0.134 e. The molecule has 16 heavy (non-hydrogen) atoms. The van der Waals surface area contributed by atoms with E-state index in [0.29, 0.717) is 5.15 Å². The molecule has 2 heterocycles. The van der Waals surface area contributed by atoms with Crippen LogP contribution < -0.4 is 5.32 Å². The molecule has 1 saturated heterocycles. The summed E-state index contributed by atoms with van der Waals surface area (Å²) in [4.78, 5) is 10.1. The molecule has 0 aromatic carbocycles. The standard InChI is InChI=1S/C10H15ClN4O/c1-15-2-3-16-8(6-15)5-12-10-4-9(11)13-7-14-10/h4,7-8H,2-3,5-6H2,1H3,(H,12,13,14). The van der Waals surface area contributed by atoms with Gasteiger partial charge in [-0.1, -0.05) is 11.6 Å². The summed E-state index contributed by atoms with van der Waals surface area (Å²) in [6, 6.07) is 1.70. The Morgan fingerprint density at radius 2 is 2.50 bits per heavy atom. The number of morpholine rings is 1. The number of ether oxygens (including phenoxy) is 1. The number of anilines is 1. The number of nitrogens with zero attached hydrogens (tertiary/aromatic N) is 3. The van der Waals surface area contributed by atoms with Crippen molar-refractivity contribution in [3.05, 3.63) is 17.5 Å². The molecule has 1 atom stereocenters. The van der Waals surface area contributed by atoms with Crippen LogP contribution >= 0.6 is 11.6 Å². The van der Waals surface area contributed by atoms with Gasteiger partial charge in [0.05, 0.1) is 12.7 Å². The average Bonchev–Trinajstić information content (AvgIpc) is 2.27. The van der Waals surface area contributed by atoms with Crippen LogP contribution in [0.3, 0.4) is 0 Å². The summed E-state index contributed by atoms with van der Waals surface area (Å²) in [7, 11) is 2.09. The molecule has 1 aromatic heterocycles. The Hall–Kier alpha value is -0.910. The minimum Gasteiger partial charge on any atom is -0.374 e. The zero-order valence-electron chi connectivity index (χ0n) is 9.19. The maximum absolute atomic E-state index is 5.76. The highest BCUT2D eigenvalue weighted by Gasteiger charge is 2.17. The Morgan fingerprint density at radius 3 is 3.25 bits per heavy atom. The number of nitrogens with one attached hydrogen (secondary N) is 1. The second-order valence-corrected chi connectivity index (χ2v) is 4.25. The van der Waals surface area contributed by atoms with E-state index in [2.05, 4.69) is 27.2 Å². The zero-order valence-corrected chi connectivity index (χ0v) is 9.94. The molecule has 0 amide bonds. The summed E-state index contributed by atoms with van der Waals surface area (Å²) in [6.07, 6.45) is 1.64. The molecular weight excluding hydrogens is 228 g/mol. The van der Waals surface area contributed by atoms with Crippen LogP contribution in [0.1, 0.15) is 0 Å². The zero-order chi connectivity index (χ0) is 11.4. The first-order chi connectivity index (χ1) is 7.74. The molecule has 0 spiro atoms. The molecule has 2 rings (SSSR count). The fraction of sp³-hybridized carbons (Fsp3) is 0.600. The quantitative estimate of drug-likeness (QED) is 0.798. The number of hydrogen-bond acceptors (Lipinski definition) is 5. The molecule has 1 N–H and O–H groups in total. The van der Waals surface area contributed by atoms with Gasteiger partial charge in [-0.2, -0.15) is 0 Å². The second kappa shape index (κ2) is 5.43. The van der Waals surface area contributed by atoms with Crippen molar-refractivity contribution in [1.29, 1.82) is 0 Å². The largest absolute Gasteiger partial charge is 0.374 e. The van der Waals surface area contributed by atoms with Gasteiger partial charge >= 0.3 is 0 Å². The third-order valence-corrected chi connectivity index (χ3v) is 2.69. The van der Waals surface area contributed by atoms with Crippen LogP contribution in [0.5, 0.6) is 0 Å². The number of halogens is 1. The van der Waals surface area contributed by atoms with Crippen LogP contribution in [0.4, 0.5) is 5.82 Å². The van der Waals surface area contributed by atoms with E-state index in [-0.39, 0.29) is 6.10 Å². The minimum atomic E-state index is 0.201. The summed E-state index contributed by atoms with van der Waals surface area (Å²) < 4.78 is 5.62. The lowest BCUT2D eigenvalue weighted by molar-refractivity contribution is -0.0117. The molecule has 1 aliphatic heterocycles. The number of rotatable bonds is 3. The fourth-order valence-electron chi connectivity index (χ4n) is 1.64. The van der Waals surface area contributed by atoms with Gasteiger partial charge in [-0.25, -0.2) is 9.97 Å². The molecule has 6 heteroatoms. The van der Waals surface area contributed by atoms with Crippen molar-refractivity contribution < 1.29 is 4.74 Å². The van der Waals surface area contributed by atoms with Crippen molar-refractivity contribution in [1.82, 2.24) is 14.9 Å². The molecule has 88 valence electrons. The monoisotopic (exact) mass is 242 g/mol. The Balaban J connectivity index is 1.82. The van der Waals surface area contributed by atoms with Crippen LogP contribution in [-0.4, -0.2) is 54.3 Å². The molecule has 1 aromatic rings. The molecule has 0 saturated carbocycles. The van der Waals surface area contributed by atoms with Gasteiger partial charge in [0.25, 0.3) is 0 Å². The smallest absolute Gasteiger partial charge is 0.134 e. The molecule has 1 unspecified atom stereocenters. The Kier molecular flexibility index (Phi) is 3.93. The lowest BCUT2D eigenvalue weighted by Gasteiger charge is -2.30. The van der Waals surface area contributed by atoms with Crippen molar-refractivity contribution in [3.8, 4) is 0 Å². The van der Waals surface area contributed by atoms with Gasteiger partial charge in [0.15, 0.2) is 0 Å². The highest BCUT2D eigenvalue weighted by Crippen LogP contribution is 2.09. The van der Waals surface area contributed by atoms with Crippen molar-refractivity contribution in [2.24, 2.45) is 0 Å². The highest BCUT2D eigenvalue weighted by atomic mass is 35.5. The number of likely N-dealkylation sites (N-methyl/N-ethyl adjacent to an activating group) is 1. The van der Waals surface area contributed by atoms with E-state index >= 15 is 0 Å². The van der Waals surface area contributed by atoms with Crippen LogP contribution in [0.2, 0.25) is 5.15 Å². The molecule has 0 bridgehead atoms. The van der Waals surface area contributed by atoms with E-state index in [1.165, 1.54) is 6.33 Å². The molecule has 0 radical (unpaired) electrons. The Labute approximate surface area is 99.8 Å². The summed E-state index contributed by atoms with van der Waals surface area (Å²) in [6.45, 7) is 3.45. The predicted octanol–water partition coefficient (Wildman–Crippen LogP) is 0.872. The van der Waals surface area contributed by atoms with Gasteiger partial charge in [0.1, 0.15) is 17.3 Å².